The third-order valence-electron chi connectivity index (χ3n) is 11.8. The molecule has 0 aliphatic heterocycles. The van der Waals surface area contributed by atoms with Crippen LogP contribution in [0.15, 0.2) is 164 Å². The van der Waals surface area contributed by atoms with Gasteiger partial charge in [-0.2, -0.15) is 0 Å². The second-order valence-electron chi connectivity index (χ2n) is 15.5. The lowest BCUT2D eigenvalue weighted by Gasteiger charge is -2.06. The van der Waals surface area contributed by atoms with E-state index in [0.717, 1.165) is 19.3 Å². The quantitative estimate of drug-likeness (QED) is 0.149. The summed E-state index contributed by atoms with van der Waals surface area (Å²) in [4.78, 5) is 0. The molecule has 0 radical (unpaired) electrons. The standard InChI is InChI=1S/3C18H14/c1-12-6-9-17-15(10-12)11-14-8-7-13-4-2-3-5-16(13)18(14)17;1-12-6-8-16-14(10-12)11-18-15-5-3-2-4-13(15)7-9-17(16)18;1-12-6-7-17-15(8-12)10-16-9-13-4-2-3-5-14(13)11-18(16)17/h2*2-10H,11H2,1H3;2-9,11H,10H2,1H3. The van der Waals surface area contributed by atoms with Crippen molar-refractivity contribution in [3.05, 3.63) is 214 Å². The highest BCUT2D eigenvalue weighted by molar-refractivity contribution is 6.01. The molecule has 9 aromatic carbocycles. The number of aryl methyl sites for hydroxylation is 3. The van der Waals surface area contributed by atoms with Crippen LogP contribution < -0.4 is 0 Å². The molecule has 12 rings (SSSR count). The number of rotatable bonds is 0. The molecule has 0 aromatic heterocycles. The van der Waals surface area contributed by atoms with Crippen molar-refractivity contribution in [2.75, 3.05) is 0 Å². The van der Waals surface area contributed by atoms with E-state index in [1.54, 1.807) is 0 Å². The van der Waals surface area contributed by atoms with E-state index in [4.69, 9.17) is 0 Å². The summed E-state index contributed by atoms with van der Waals surface area (Å²) < 4.78 is 0. The van der Waals surface area contributed by atoms with Gasteiger partial charge in [-0.25, -0.2) is 0 Å². The fourth-order valence-corrected chi connectivity index (χ4v) is 9.22. The van der Waals surface area contributed by atoms with E-state index in [2.05, 4.69) is 185 Å². The van der Waals surface area contributed by atoms with Crippen LogP contribution in [-0.2, 0) is 19.3 Å². The Bertz CT molecular complexity index is 2920. The largest absolute Gasteiger partial charge is 0.0616 e. The van der Waals surface area contributed by atoms with Crippen LogP contribution in [0.5, 0.6) is 0 Å². The Morgan fingerprint density at radius 2 is 0.759 bits per heavy atom. The highest BCUT2D eigenvalue weighted by Crippen LogP contribution is 2.43. The lowest BCUT2D eigenvalue weighted by Crippen LogP contribution is -1.83. The monoisotopic (exact) mass is 690 g/mol. The molecule has 258 valence electrons. The summed E-state index contributed by atoms with van der Waals surface area (Å²) in [6, 6.07) is 60.1. The third kappa shape index (κ3) is 5.62. The summed E-state index contributed by atoms with van der Waals surface area (Å²) in [6.45, 7) is 6.50. The molecule has 3 aliphatic carbocycles. The van der Waals surface area contributed by atoms with Gasteiger partial charge in [-0.05, 0) is 145 Å². The zero-order chi connectivity index (χ0) is 36.3. The van der Waals surface area contributed by atoms with Gasteiger partial charge in [0, 0.05) is 0 Å². The SMILES string of the molecule is Cc1ccc2c(c1)Cc1c-2ccc2ccccc12.Cc1ccc2c(c1)Cc1cc3ccccc3cc1-2.Cc1ccc2c(c1)Cc1ccc3ccccc3c1-2. The van der Waals surface area contributed by atoms with Gasteiger partial charge in [0.1, 0.15) is 0 Å². The van der Waals surface area contributed by atoms with Crippen molar-refractivity contribution < 1.29 is 0 Å². The van der Waals surface area contributed by atoms with Crippen molar-refractivity contribution in [2.45, 2.75) is 40.0 Å². The van der Waals surface area contributed by atoms with Gasteiger partial charge in [-0.15, -0.1) is 0 Å². The topological polar surface area (TPSA) is 0 Å². The van der Waals surface area contributed by atoms with E-state index in [0.29, 0.717) is 0 Å². The van der Waals surface area contributed by atoms with Crippen LogP contribution in [0.3, 0.4) is 0 Å². The zero-order valence-corrected chi connectivity index (χ0v) is 31.2. The Balaban J connectivity index is 0.000000100. The van der Waals surface area contributed by atoms with E-state index in [-0.39, 0.29) is 0 Å². The van der Waals surface area contributed by atoms with Crippen molar-refractivity contribution in [3.8, 4) is 33.4 Å². The van der Waals surface area contributed by atoms with Crippen LogP contribution in [0.1, 0.15) is 50.1 Å². The summed E-state index contributed by atoms with van der Waals surface area (Å²) in [5.74, 6) is 0. The number of hydrogen-bond donors (Lipinski definition) is 0. The van der Waals surface area contributed by atoms with Crippen molar-refractivity contribution >= 4 is 32.3 Å². The Morgan fingerprint density at radius 1 is 0.296 bits per heavy atom. The molecule has 0 saturated carbocycles. The summed E-state index contributed by atoms with van der Waals surface area (Å²) in [5.41, 5.74) is 21.5. The number of benzene rings is 9. The van der Waals surface area contributed by atoms with Gasteiger partial charge >= 0.3 is 0 Å². The van der Waals surface area contributed by atoms with Crippen molar-refractivity contribution in [3.63, 3.8) is 0 Å². The minimum absolute atomic E-state index is 1.08. The molecule has 9 aromatic rings. The maximum atomic E-state index is 2.35. The van der Waals surface area contributed by atoms with Crippen LogP contribution in [0.25, 0.3) is 65.7 Å². The fourth-order valence-electron chi connectivity index (χ4n) is 9.22. The molecule has 3 aliphatic rings. The Kier molecular flexibility index (Phi) is 7.81. The van der Waals surface area contributed by atoms with E-state index >= 15 is 0 Å². The van der Waals surface area contributed by atoms with Gasteiger partial charge in [-0.1, -0.05) is 174 Å². The van der Waals surface area contributed by atoms with Crippen molar-refractivity contribution in [2.24, 2.45) is 0 Å². The number of hydrogen-bond acceptors (Lipinski definition) is 0. The molecule has 0 nitrogen and oxygen atoms in total. The van der Waals surface area contributed by atoms with Crippen LogP contribution in [0.2, 0.25) is 0 Å². The van der Waals surface area contributed by atoms with Gasteiger partial charge in [-0.3, -0.25) is 0 Å². The Labute approximate surface area is 318 Å². The molecule has 0 fully saturated rings. The predicted molar refractivity (Wildman–Crippen MR) is 231 cm³/mol. The molecule has 0 bridgehead atoms. The molecule has 0 spiro atoms. The number of fused-ring (bicyclic) bond motifs is 14. The van der Waals surface area contributed by atoms with Gasteiger partial charge < -0.3 is 0 Å². The van der Waals surface area contributed by atoms with Crippen LogP contribution in [0.4, 0.5) is 0 Å². The molecule has 54 heavy (non-hydrogen) atoms. The average molecular weight is 691 g/mol. The van der Waals surface area contributed by atoms with Crippen LogP contribution >= 0.6 is 0 Å². The first kappa shape index (κ1) is 32.4. The highest BCUT2D eigenvalue weighted by Gasteiger charge is 2.22. The first-order valence-electron chi connectivity index (χ1n) is 19.3. The van der Waals surface area contributed by atoms with Gasteiger partial charge in [0.15, 0.2) is 0 Å². The lowest BCUT2D eigenvalue weighted by molar-refractivity contribution is 1.25. The second kappa shape index (κ2) is 13.0. The van der Waals surface area contributed by atoms with E-state index < -0.39 is 0 Å². The third-order valence-corrected chi connectivity index (χ3v) is 11.8. The van der Waals surface area contributed by atoms with Crippen molar-refractivity contribution in [1.82, 2.24) is 0 Å². The molecular formula is C54H42. The summed E-state index contributed by atoms with van der Waals surface area (Å²) >= 11 is 0. The predicted octanol–water partition coefficient (Wildman–Crippen LogP) is 14.2. The van der Waals surface area contributed by atoms with Gasteiger partial charge in [0.25, 0.3) is 0 Å². The molecule has 0 amide bonds. The van der Waals surface area contributed by atoms with Crippen LogP contribution in [0, 0.1) is 20.8 Å². The zero-order valence-electron chi connectivity index (χ0n) is 31.2. The molecule has 0 atom stereocenters. The van der Waals surface area contributed by atoms with Crippen molar-refractivity contribution in [1.29, 1.82) is 0 Å². The van der Waals surface area contributed by atoms with Crippen LogP contribution in [-0.4, -0.2) is 0 Å². The molecule has 0 N–H and O–H groups in total. The molecule has 0 saturated heterocycles. The average Bonchev–Trinajstić information content (AvgIpc) is 3.87. The van der Waals surface area contributed by atoms with Gasteiger partial charge in [0.05, 0.1) is 0 Å². The molecular weight excluding hydrogens is 649 g/mol. The maximum absolute atomic E-state index is 2.35. The highest BCUT2D eigenvalue weighted by atomic mass is 14.3. The smallest absolute Gasteiger partial charge is 0.000719 e. The normalized spacial score (nSPS) is 12.5. The van der Waals surface area contributed by atoms with E-state index in [1.807, 2.05) is 0 Å². The molecule has 0 heterocycles. The lowest BCUT2D eigenvalue weighted by atomic mass is 9.98. The summed E-state index contributed by atoms with van der Waals surface area (Å²) in [6.07, 6.45) is 3.24. The first-order chi connectivity index (χ1) is 26.5. The van der Waals surface area contributed by atoms with E-state index in [1.165, 1.54) is 116 Å². The first-order valence-corrected chi connectivity index (χ1v) is 19.3. The Hall–Kier alpha value is -6.24. The maximum Gasteiger partial charge on any atom is -0.000719 e. The Morgan fingerprint density at radius 3 is 1.46 bits per heavy atom. The second-order valence-corrected chi connectivity index (χ2v) is 15.5. The fraction of sp³-hybridized carbons (Fsp3) is 0.111. The molecule has 0 unspecified atom stereocenters. The van der Waals surface area contributed by atoms with Gasteiger partial charge in [0.2, 0.25) is 0 Å². The minimum atomic E-state index is 1.08. The molecule has 0 heteroatoms. The van der Waals surface area contributed by atoms with E-state index in [9.17, 15) is 0 Å². The summed E-state index contributed by atoms with van der Waals surface area (Å²) in [5, 5.41) is 8.16. The summed E-state index contributed by atoms with van der Waals surface area (Å²) in [7, 11) is 0. The minimum Gasteiger partial charge on any atom is -0.0616 e.